The number of fused-ring (bicyclic) bond motifs is 1. The maximum atomic E-state index is 12.2. The molecule has 0 atom stereocenters. The van der Waals surface area contributed by atoms with Gasteiger partial charge in [0, 0.05) is 21.8 Å². The fourth-order valence-corrected chi connectivity index (χ4v) is 2.66. The Kier molecular flexibility index (Phi) is 4.49. The lowest BCUT2D eigenvalue weighted by Crippen LogP contribution is -2.22. The van der Waals surface area contributed by atoms with Crippen LogP contribution in [0.15, 0.2) is 60.7 Å². The fraction of sp³-hybridized carbons (Fsp3) is 0.105. The van der Waals surface area contributed by atoms with Gasteiger partial charge in [0.2, 0.25) is 5.91 Å². The lowest BCUT2D eigenvalue weighted by atomic mass is 10.1. The number of nitrogens with one attached hydrogen (secondary N) is 2. The van der Waals surface area contributed by atoms with E-state index in [1.165, 1.54) is 0 Å². The molecule has 116 valence electrons. The molecule has 0 fully saturated rings. The molecule has 0 aromatic heterocycles. The SMILES string of the molecule is Cc1ccc(Cl)cc1NCC(=O)Nc1cccc2ccccc12. The van der Waals surface area contributed by atoms with Crippen LogP contribution in [0.4, 0.5) is 11.4 Å². The zero-order valence-electron chi connectivity index (χ0n) is 12.8. The molecule has 0 heterocycles. The first kappa shape index (κ1) is 15.4. The molecule has 2 N–H and O–H groups in total. The van der Waals surface area contributed by atoms with Gasteiger partial charge in [0.15, 0.2) is 0 Å². The van der Waals surface area contributed by atoms with Crippen LogP contribution >= 0.6 is 11.6 Å². The number of carbonyl (C=O) groups excluding carboxylic acids is 1. The molecular formula is C19H17ClN2O. The first-order valence-electron chi connectivity index (χ1n) is 7.41. The fourth-order valence-electron chi connectivity index (χ4n) is 2.49. The van der Waals surface area contributed by atoms with Gasteiger partial charge in [-0.05, 0) is 36.1 Å². The Hall–Kier alpha value is -2.52. The minimum absolute atomic E-state index is 0.0965. The van der Waals surface area contributed by atoms with Crippen molar-refractivity contribution in [2.75, 3.05) is 17.2 Å². The highest BCUT2D eigenvalue weighted by Crippen LogP contribution is 2.23. The number of anilines is 2. The van der Waals surface area contributed by atoms with Crippen LogP contribution in [-0.4, -0.2) is 12.5 Å². The largest absolute Gasteiger partial charge is 0.376 e. The van der Waals surface area contributed by atoms with Crippen LogP contribution in [0, 0.1) is 6.92 Å². The summed E-state index contributed by atoms with van der Waals surface area (Å²) in [6.07, 6.45) is 0. The van der Waals surface area contributed by atoms with Gasteiger partial charge in [-0.25, -0.2) is 0 Å². The number of carbonyl (C=O) groups is 1. The molecule has 0 spiro atoms. The first-order chi connectivity index (χ1) is 11.1. The molecule has 0 aliphatic carbocycles. The van der Waals surface area contributed by atoms with Crippen LogP contribution in [0.1, 0.15) is 5.56 Å². The van der Waals surface area contributed by atoms with Crippen LogP contribution in [-0.2, 0) is 4.79 Å². The number of hydrogen-bond donors (Lipinski definition) is 2. The summed E-state index contributed by atoms with van der Waals surface area (Å²) in [7, 11) is 0. The van der Waals surface area contributed by atoms with Crippen LogP contribution in [0.25, 0.3) is 10.8 Å². The van der Waals surface area contributed by atoms with Crippen molar-refractivity contribution in [3.8, 4) is 0 Å². The molecule has 0 unspecified atom stereocenters. The Balaban J connectivity index is 1.70. The number of rotatable bonds is 4. The molecule has 3 aromatic carbocycles. The van der Waals surface area contributed by atoms with Crippen molar-refractivity contribution in [3.63, 3.8) is 0 Å². The van der Waals surface area contributed by atoms with E-state index in [1.54, 1.807) is 0 Å². The van der Waals surface area contributed by atoms with Crippen molar-refractivity contribution in [3.05, 3.63) is 71.2 Å². The minimum atomic E-state index is -0.0965. The minimum Gasteiger partial charge on any atom is -0.376 e. The second-order valence-corrected chi connectivity index (χ2v) is 5.82. The Morgan fingerprint density at radius 1 is 1.00 bits per heavy atom. The molecule has 3 nitrogen and oxygen atoms in total. The lowest BCUT2D eigenvalue weighted by Gasteiger charge is -2.12. The summed E-state index contributed by atoms with van der Waals surface area (Å²) >= 11 is 5.99. The number of halogens is 1. The van der Waals surface area contributed by atoms with Gasteiger partial charge in [-0.15, -0.1) is 0 Å². The van der Waals surface area contributed by atoms with E-state index in [2.05, 4.69) is 10.6 Å². The highest BCUT2D eigenvalue weighted by molar-refractivity contribution is 6.30. The summed E-state index contributed by atoms with van der Waals surface area (Å²) in [5.74, 6) is -0.0965. The quantitative estimate of drug-likeness (QED) is 0.720. The summed E-state index contributed by atoms with van der Waals surface area (Å²) in [6.45, 7) is 2.16. The van der Waals surface area contributed by atoms with Crippen LogP contribution < -0.4 is 10.6 Å². The highest BCUT2D eigenvalue weighted by atomic mass is 35.5. The van der Waals surface area contributed by atoms with E-state index in [4.69, 9.17) is 11.6 Å². The average Bonchev–Trinajstić information content (AvgIpc) is 2.56. The molecule has 23 heavy (non-hydrogen) atoms. The molecule has 0 aliphatic heterocycles. The van der Waals surface area contributed by atoms with Gasteiger partial charge in [0.05, 0.1) is 6.54 Å². The Morgan fingerprint density at radius 3 is 2.65 bits per heavy atom. The summed E-state index contributed by atoms with van der Waals surface area (Å²) in [4.78, 5) is 12.2. The maximum absolute atomic E-state index is 12.2. The van der Waals surface area contributed by atoms with E-state index >= 15 is 0 Å². The van der Waals surface area contributed by atoms with E-state index in [0.29, 0.717) is 5.02 Å². The van der Waals surface area contributed by atoms with E-state index in [9.17, 15) is 4.79 Å². The predicted octanol–water partition coefficient (Wildman–Crippen LogP) is 4.85. The molecule has 4 heteroatoms. The smallest absolute Gasteiger partial charge is 0.243 e. The zero-order chi connectivity index (χ0) is 16.2. The van der Waals surface area contributed by atoms with Crippen molar-refractivity contribution in [2.24, 2.45) is 0 Å². The summed E-state index contributed by atoms with van der Waals surface area (Å²) in [5.41, 5.74) is 2.73. The highest BCUT2D eigenvalue weighted by Gasteiger charge is 2.06. The Morgan fingerprint density at radius 2 is 1.78 bits per heavy atom. The Bertz CT molecular complexity index is 856. The molecule has 0 saturated heterocycles. The topological polar surface area (TPSA) is 41.1 Å². The van der Waals surface area contributed by atoms with Crippen molar-refractivity contribution in [1.82, 2.24) is 0 Å². The van der Waals surface area contributed by atoms with Crippen LogP contribution in [0.2, 0.25) is 5.02 Å². The molecule has 0 saturated carbocycles. The number of hydrogen-bond acceptors (Lipinski definition) is 2. The van der Waals surface area contributed by atoms with E-state index in [1.807, 2.05) is 67.6 Å². The van der Waals surface area contributed by atoms with Crippen molar-refractivity contribution in [1.29, 1.82) is 0 Å². The van der Waals surface area contributed by atoms with Gasteiger partial charge in [-0.3, -0.25) is 4.79 Å². The van der Waals surface area contributed by atoms with E-state index in [0.717, 1.165) is 27.7 Å². The van der Waals surface area contributed by atoms with Gasteiger partial charge in [0.1, 0.15) is 0 Å². The first-order valence-corrected chi connectivity index (χ1v) is 7.79. The van der Waals surface area contributed by atoms with Crippen LogP contribution in [0.3, 0.4) is 0 Å². The number of aryl methyl sites for hydroxylation is 1. The summed E-state index contributed by atoms with van der Waals surface area (Å²) in [5, 5.41) is 8.86. The Labute approximate surface area is 140 Å². The molecule has 0 aliphatic rings. The maximum Gasteiger partial charge on any atom is 0.243 e. The van der Waals surface area contributed by atoms with Crippen molar-refractivity contribution in [2.45, 2.75) is 6.92 Å². The average molecular weight is 325 g/mol. The molecule has 0 radical (unpaired) electrons. The molecule has 3 aromatic rings. The second-order valence-electron chi connectivity index (χ2n) is 5.39. The zero-order valence-corrected chi connectivity index (χ0v) is 13.5. The van der Waals surface area contributed by atoms with E-state index in [-0.39, 0.29) is 12.5 Å². The normalized spacial score (nSPS) is 10.5. The van der Waals surface area contributed by atoms with Gasteiger partial charge in [-0.2, -0.15) is 0 Å². The van der Waals surface area contributed by atoms with Crippen molar-refractivity contribution < 1.29 is 4.79 Å². The number of benzene rings is 3. The molecule has 1 amide bonds. The molecule has 3 rings (SSSR count). The van der Waals surface area contributed by atoms with Gasteiger partial charge in [-0.1, -0.05) is 54.1 Å². The predicted molar refractivity (Wildman–Crippen MR) is 97.3 cm³/mol. The summed E-state index contributed by atoms with van der Waals surface area (Å²) in [6, 6.07) is 19.4. The third-order valence-corrected chi connectivity index (χ3v) is 3.94. The van der Waals surface area contributed by atoms with Crippen molar-refractivity contribution >= 4 is 39.7 Å². The lowest BCUT2D eigenvalue weighted by molar-refractivity contribution is -0.114. The van der Waals surface area contributed by atoms with Crippen LogP contribution in [0.5, 0.6) is 0 Å². The standard InChI is InChI=1S/C19H17ClN2O/c1-13-9-10-15(20)11-18(13)21-12-19(23)22-17-8-4-6-14-5-2-3-7-16(14)17/h2-11,21H,12H2,1H3,(H,22,23). The van der Waals surface area contributed by atoms with E-state index < -0.39 is 0 Å². The van der Waals surface area contributed by atoms with Gasteiger partial charge >= 0.3 is 0 Å². The second kappa shape index (κ2) is 6.71. The monoisotopic (exact) mass is 324 g/mol. The third kappa shape index (κ3) is 3.63. The molecule has 0 bridgehead atoms. The summed E-state index contributed by atoms with van der Waals surface area (Å²) < 4.78 is 0. The number of amides is 1. The third-order valence-electron chi connectivity index (χ3n) is 3.70. The molecular weight excluding hydrogens is 308 g/mol. The van der Waals surface area contributed by atoms with Gasteiger partial charge < -0.3 is 10.6 Å². The van der Waals surface area contributed by atoms with Gasteiger partial charge in [0.25, 0.3) is 0 Å².